The van der Waals surface area contributed by atoms with Crippen LogP contribution in [0.25, 0.3) is 0 Å². The summed E-state index contributed by atoms with van der Waals surface area (Å²) >= 11 is 0. The van der Waals surface area contributed by atoms with Crippen molar-refractivity contribution >= 4 is 5.97 Å². The predicted octanol–water partition coefficient (Wildman–Crippen LogP) is 3.08. The van der Waals surface area contributed by atoms with Gasteiger partial charge in [0.05, 0.1) is 17.8 Å². The summed E-state index contributed by atoms with van der Waals surface area (Å²) in [4.78, 5) is 12.1. The first-order chi connectivity index (χ1) is 11.5. The lowest BCUT2D eigenvalue weighted by atomic mass is 10.0. The van der Waals surface area contributed by atoms with Crippen molar-refractivity contribution in [1.82, 2.24) is 0 Å². The standard InChI is InChI=1S/C19H26O5/c1-4-5-9-13(2)22-19-16(20)12-17(14(3)23-19)24-18(21)15-10-7-6-8-11-15/h4,6-8,10-11,13-14,16-17,19-20H,1,5,9,12H2,2-3H3/t13-,14+,16+,17-,19-/m1/s1. The van der Waals surface area contributed by atoms with E-state index >= 15 is 0 Å². The zero-order valence-electron chi connectivity index (χ0n) is 14.3. The second-order valence-corrected chi connectivity index (χ2v) is 6.14. The zero-order valence-corrected chi connectivity index (χ0v) is 14.3. The van der Waals surface area contributed by atoms with Crippen molar-refractivity contribution in [3.63, 3.8) is 0 Å². The fourth-order valence-electron chi connectivity index (χ4n) is 2.63. The van der Waals surface area contributed by atoms with Gasteiger partial charge in [0.25, 0.3) is 0 Å². The molecule has 1 heterocycles. The average Bonchev–Trinajstić information content (AvgIpc) is 2.58. The van der Waals surface area contributed by atoms with Crippen LogP contribution < -0.4 is 0 Å². The first kappa shape index (κ1) is 18.6. The average molecular weight is 334 g/mol. The van der Waals surface area contributed by atoms with E-state index in [9.17, 15) is 9.90 Å². The maximum atomic E-state index is 12.1. The van der Waals surface area contributed by atoms with E-state index in [0.29, 0.717) is 12.0 Å². The fraction of sp³-hybridized carbons (Fsp3) is 0.526. The molecule has 5 nitrogen and oxygen atoms in total. The third-order valence-corrected chi connectivity index (χ3v) is 4.07. The molecule has 1 aliphatic heterocycles. The molecule has 1 aromatic carbocycles. The van der Waals surface area contributed by atoms with E-state index in [1.165, 1.54) is 0 Å². The van der Waals surface area contributed by atoms with Gasteiger partial charge in [0.2, 0.25) is 0 Å². The van der Waals surface area contributed by atoms with Crippen molar-refractivity contribution in [2.45, 2.75) is 63.8 Å². The molecule has 0 unspecified atom stereocenters. The molecule has 0 spiro atoms. The molecule has 1 N–H and O–H groups in total. The number of allylic oxidation sites excluding steroid dienone is 1. The molecule has 5 atom stereocenters. The van der Waals surface area contributed by atoms with E-state index in [-0.39, 0.29) is 12.2 Å². The van der Waals surface area contributed by atoms with Gasteiger partial charge in [0.15, 0.2) is 6.29 Å². The summed E-state index contributed by atoms with van der Waals surface area (Å²) in [5.41, 5.74) is 0.482. The van der Waals surface area contributed by atoms with Crippen LogP contribution in [0.4, 0.5) is 0 Å². The van der Waals surface area contributed by atoms with Gasteiger partial charge in [-0.15, -0.1) is 6.58 Å². The van der Waals surface area contributed by atoms with Gasteiger partial charge in [0, 0.05) is 6.42 Å². The Morgan fingerprint density at radius 3 is 2.83 bits per heavy atom. The number of hydrogen-bond acceptors (Lipinski definition) is 5. The van der Waals surface area contributed by atoms with Crippen LogP contribution in [-0.2, 0) is 14.2 Å². The summed E-state index contributed by atoms with van der Waals surface area (Å²) in [6.07, 6.45) is 1.35. The van der Waals surface area contributed by atoms with Crippen LogP contribution in [0.1, 0.15) is 43.5 Å². The Morgan fingerprint density at radius 2 is 2.17 bits per heavy atom. The Balaban J connectivity index is 1.88. The molecular weight excluding hydrogens is 308 g/mol. The largest absolute Gasteiger partial charge is 0.456 e. The van der Waals surface area contributed by atoms with Gasteiger partial charge in [-0.05, 0) is 38.8 Å². The molecule has 5 heteroatoms. The van der Waals surface area contributed by atoms with E-state index in [4.69, 9.17) is 14.2 Å². The van der Waals surface area contributed by atoms with Crippen LogP contribution in [0.3, 0.4) is 0 Å². The third kappa shape index (κ3) is 5.16. The van der Waals surface area contributed by atoms with Gasteiger partial charge in [-0.1, -0.05) is 24.3 Å². The summed E-state index contributed by atoms with van der Waals surface area (Å²) in [6.45, 7) is 7.44. The summed E-state index contributed by atoms with van der Waals surface area (Å²) in [5.74, 6) is -0.415. The molecule has 0 radical (unpaired) electrons. The van der Waals surface area contributed by atoms with Crippen molar-refractivity contribution in [2.24, 2.45) is 0 Å². The van der Waals surface area contributed by atoms with Crippen molar-refractivity contribution in [2.75, 3.05) is 0 Å². The van der Waals surface area contributed by atoms with Crippen molar-refractivity contribution < 1.29 is 24.1 Å². The number of hydrogen-bond donors (Lipinski definition) is 1. The van der Waals surface area contributed by atoms with Gasteiger partial charge in [0.1, 0.15) is 12.2 Å². The molecule has 1 aliphatic rings. The molecule has 0 aromatic heterocycles. The van der Waals surface area contributed by atoms with E-state index in [1.807, 2.05) is 26.0 Å². The summed E-state index contributed by atoms with van der Waals surface area (Å²) in [5, 5.41) is 10.3. The summed E-state index contributed by atoms with van der Waals surface area (Å²) in [7, 11) is 0. The van der Waals surface area contributed by atoms with Gasteiger partial charge in [-0.3, -0.25) is 0 Å². The van der Waals surface area contributed by atoms with Crippen LogP contribution in [0.2, 0.25) is 0 Å². The third-order valence-electron chi connectivity index (χ3n) is 4.07. The number of esters is 1. The highest BCUT2D eigenvalue weighted by Crippen LogP contribution is 2.25. The zero-order chi connectivity index (χ0) is 17.5. The van der Waals surface area contributed by atoms with Crippen LogP contribution in [0.15, 0.2) is 43.0 Å². The number of aliphatic hydroxyl groups excluding tert-OH is 1. The van der Waals surface area contributed by atoms with E-state index < -0.39 is 24.5 Å². The monoisotopic (exact) mass is 334 g/mol. The van der Waals surface area contributed by atoms with Crippen LogP contribution in [-0.4, -0.2) is 41.8 Å². The lowest BCUT2D eigenvalue weighted by Gasteiger charge is -2.38. The van der Waals surface area contributed by atoms with E-state index in [1.54, 1.807) is 24.3 Å². The second-order valence-electron chi connectivity index (χ2n) is 6.14. The molecule has 0 amide bonds. The molecule has 1 saturated heterocycles. The Morgan fingerprint density at radius 1 is 1.46 bits per heavy atom. The maximum Gasteiger partial charge on any atom is 0.338 e. The molecule has 0 aliphatic carbocycles. The van der Waals surface area contributed by atoms with E-state index in [0.717, 1.165) is 12.8 Å². The molecule has 2 rings (SSSR count). The first-order valence-electron chi connectivity index (χ1n) is 8.37. The number of carbonyl (C=O) groups excluding carboxylic acids is 1. The van der Waals surface area contributed by atoms with Crippen molar-refractivity contribution in [3.8, 4) is 0 Å². The number of aliphatic hydroxyl groups is 1. The van der Waals surface area contributed by atoms with Gasteiger partial charge in [-0.2, -0.15) is 0 Å². The number of benzene rings is 1. The lowest BCUT2D eigenvalue weighted by Crippen LogP contribution is -2.49. The van der Waals surface area contributed by atoms with Crippen LogP contribution in [0.5, 0.6) is 0 Å². The Bertz CT molecular complexity index is 530. The Hall–Kier alpha value is -1.69. The molecule has 0 saturated carbocycles. The van der Waals surface area contributed by atoms with Gasteiger partial charge >= 0.3 is 5.97 Å². The van der Waals surface area contributed by atoms with Gasteiger partial charge < -0.3 is 19.3 Å². The first-order valence-corrected chi connectivity index (χ1v) is 8.37. The second kappa shape index (κ2) is 8.97. The number of carbonyl (C=O) groups is 1. The fourth-order valence-corrected chi connectivity index (χ4v) is 2.63. The maximum absolute atomic E-state index is 12.1. The van der Waals surface area contributed by atoms with E-state index in [2.05, 4.69) is 6.58 Å². The van der Waals surface area contributed by atoms with Crippen LogP contribution >= 0.6 is 0 Å². The molecule has 0 bridgehead atoms. The molecule has 1 aromatic rings. The predicted molar refractivity (Wildman–Crippen MR) is 90.6 cm³/mol. The SMILES string of the molecule is C=CCC[C@@H](C)O[C@@H]1O[C@@H](C)[C@H](OC(=O)c2ccccc2)C[C@@H]1O. The highest BCUT2D eigenvalue weighted by atomic mass is 16.7. The molecule has 132 valence electrons. The van der Waals surface area contributed by atoms with Gasteiger partial charge in [-0.25, -0.2) is 4.79 Å². The highest BCUT2D eigenvalue weighted by Gasteiger charge is 2.38. The number of ether oxygens (including phenoxy) is 3. The Labute approximate surface area is 143 Å². The number of rotatable bonds is 7. The Kier molecular flexibility index (Phi) is 6.97. The smallest absolute Gasteiger partial charge is 0.338 e. The molecular formula is C19H26O5. The van der Waals surface area contributed by atoms with Crippen molar-refractivity contribution in [1.29, 1.82) is 0 Å². The highest BCUT2D eigenvalue weighted by molar-refractivity contribution is 5.89. The summed E-state index contributed by atoms with van der Waals surface area (Å²) < 4.78 is 17.0. The lowest BCUT2D eigenvalue weighted by molar-refractivity contribution is -0.273. The molecule has 24 heavy (non-hydrogen) atoms. The minimum atomic E-state index is -0.832. The summed E-state index contributed by atoms with van der Waals surface area (Å²) in [6, 6.07) is 8.78. The minimum Gasteiger partial charge on any atom is -0.456 e. The minimum absolute atomic E-state index is 0.0433. The van der Waals surface area contributed by atoms with Crippen LogP contribution in [0, 0.1) is 0 Å². The molecule has 1 fully saturated rings. The quantitative estimate of drug-likeness (QED) is 0.613. The topological polar surface area (TPSA) is 65.0 Å². The normalized spacial score (nSPS) is 28.1. The van der Waals surface area contributed by atoms with Crippen molar-refractivity contribution in [3.05, 3.63) is 48.6 Å².